The molecule has 0 spiro atoms. The average molecular weight is 1160 g/mol. The molecule has 84 heavy (non-hydrogen) atoms. The summed E-state index contributed by atoms with van der Waals surface area (Å²) in [6, 6.07) is 0. The fourth-order valence-corrected chi connectivity index (χ4v) is 9.66. The molecule has 0 radical (unpaired) electrons. The number of unbranched alkanes of at least 4 members (excludes halogenated alkanes) is 29. The first-order valence-electron chi connectivity index (χ1n) is 35.0. The van der Waals surface area contributed by atoms with Crippen molar-refractivity contribution in [2.24, 2.45) is 0 Å². The fraction of sp³-hybridized carbons (Fsp3) is 0.646. The van der Waals surface area contributed by atoms with Crippen LogP contribution in [0.1, 0.15) is 309 Å². The molecule has 0 bridgehead atoms. The summed E-state index contributed by atoms with van der Waals surface area (Å²) in [5.74, 6) is -0.590. The molecule has 0 saturated heterocycles. The Kier molecular flexibility index (Phi) is 68.9. The van der Waals surface area contributed by atoms with Crippen molar-refractivity contribution < 1.29 is 24.2 Å². The van der Waals surface area contributed by atoms with E-state index in [2.05, 4.69) is 172 Å². The van der Waals surface area contributed by atoms with Gasteiger partial charge in [-0.1, -0.05) is 332 Å². The first kappa shape index (κ1) is 79.5. The lowest BCUT2D eigenvalue weighted by Crippen LogP contribution is -2.28. The Bertz CT molecular complexity index is 1790. The summed E-state index contributed by atoms with van der Waals surface area (Å²) in [5.41, 5.74) is 0. The largest absolute Gasteiger partial charge is 0.462 e. The second kappa shape index (κ2) is 72.8. The first-order valence-corrected chi connectivity index (χ1v) is 35.0. The Morgan fingerprint density at radius 3 is 0.714 bits per heavy atom. The van der Waals surface area contributed by atoms with Crippen molar-refractivity contribution in [3.8, 4) is 0 Å². The highest BCUT2D eigenvalue weighted by Crippen LogP contribution is 2.17. The van der Waals surface area contributed by atoms with Gasteiger partial charge in [-0.05, 0) is 122 Å². The molecule has 0 fully saturated rings. The Hall–Kier alpha value is -4.48. The van der Waals surface area contributed by atoms with Crippen LogP contribution in [0.5, 0.6) is 0 Å². The number of rotatable bonds is 63. The van der Waals surface area contributed by atoms with Gasteiger partial charge in [0.1, 0.15) is 6.61 Å². The number of ether oxygens (including phenoxy) is 2. The van der Waals surface area contributed by atoms with Crippen LogP contribution in [0.3, 0.4) is 0 Å². The van der Waals surface area contributed by atoms with Crippen molar-refractivity contribution in [3.63, 3.8) is 0 Å². The summed E-state index contributed by atoms with van der Waals surface area (Å²) in [6.45, 7) is 3.93. The van der Waals surface area contributed by atoms with E-state index in [-0.39, 0.29) is 25.2 Å². The quantitative estimate of drug-likeness (QED) is 0.0373. The van der Waals surface area contributed by atoms with Crippen molar-refractivity contribution in [2.75, 3.05) is 13.2 Å². The summed E-state index contributed by atoms with van der Waals surface area (Å²) in [7, 11) is 0. The second-order valence-corrected chi connectivity index (χ2v) is 22.8. The zero-order valence-corrected chi connectivity index (χ0v) is 54.6. The standard InChI is InChI=1S/C79H130O5/c1-3-5-7-9-11-13-15-17-19-21-23-25-27-29-31-33-35-37-38-39-40-42-44-46-48-50-52-54-56-58-60-62-64-66-68-70-72-74-79(82)84-77(75-80)76-83-78(81)73-71-69-67-65-63-61-59-57-55-53-51-49-47-45-43-41-36-34-32-30-28-26-24-22-20-18-16-14-12-10-8-6-4-2/h5-8,11-14,17-20,23-26,29-32,35,37,39-40,44,46,77,80H,3-4,9-10,15-16,21-22,27-28,33-34,36,38,41-43,45,47-76H2,1-2H3/b7-5-,8-6-,13-11-,14-12-,19-17-,20-18-,25-23-,26-24-,31-29-,32-30-,37-35-,40-39-,46-44-. The highest BCUT2D eigenvalue weighted by atomic mass is 16.6. The molecule has 0 aromatic heterocycles. The average Bonchev–Trinajstić information content (AvgIpc) is 3.51. The van der Waals surface area contributed by atoms with Gasteiger partial charge < -0.3 is 14.6 Å². The third-order valence-electron chi connectivity index (χ3n) is 14.8. The molecular formula is C79H130O5. The van der Waals surface area contributed by atoms with E-state index in [1.165, 1.54) is 161 Å². The normalized spacial score (nSPS) is 13.2. The molecule has 5 nitrogen and oxygen atoms in total. The van der Waals surface area contributed by atoms with Crippen LogP contribution in [0.2, 0.25) is 0 Å². The van der Waals surface area contributed by atoms with Crippen molar-refractivity contribution >= 4 is 11.9 Å². The van der Waals surface area contributed by atoms with Crippen LogP contribution < -0.4 is 0 Å². The van der Waals surface area contributed by atoms with E-state index in [0.29, 0.717) is 12.8 Å². The van der Waals surface area contributed by atoms with E-state index >= 15 is 0 Å². The van der Waals surface area contributed by atoms with Gasteiger partial charge in [-0.2, -0.15) is 0 Å². The van der Waals surface area contributed by atoms with E-state index in [1.54, 1.807) is 0 Å². The maximum absolute atomic E-state index is 12.4. The Morgan fingerprint density at radius 1 is 0.274 bits per heavy atom. The number of hydrogen-bond acceptors (Lipinski definition) is 5. The summed E-state index contributed by atoms with van der Waals surface area (Å²) >= 11 is 0. The van der Waals surface area contributed by atoms with Crippen LogP contribution in [0, 0.1) is 0 Å². The lowest BCUT2D eigenvalue weighted by atomic mass is 10.0. The minimum atomic E-state index is -0.783. The summed E-state index contributed by atoms with van der Waals surface area (Å²) in [4.78, 5) is 24.7. The highest BCUT2D eigenvalue weighted by molar-refractivity contribution is 5.70. The lowest BCUT2D eigenvalue weighted by molar-refractivity contribution is -0.161. The van der Waals surface area contributed by atoms with Crippen molar-refractivity contribution in [3.05, 3.63) is 158 Å². The Labute approximate surface area is 520 Å². The van der Waals surface area contributed by atoms with E-state index in [9.17, 15) is 14.7 Å². The summed E-state index contributed by atoms with van der Waals surface area (Å²) in [5, 5.41) is 9.71. The number of esters is 2. The zero-order valence-electron chi connectivity index (χ0n) is 54.6. The van der Waals surface area contributed by atoms with E-state index in [0.717, 1.165) is 122 Å². The number of hydrogen-bond donors (Lipinski definition) is 1. The van der Waals surface area contributed by atoms with Crippen LogP contribution >= 0.6 is 0 Å². The van der Waals surface area contributed by atoms with Crippen LogP contribution in [-0.4, -0.2) is 36.4 Å². The fourth-order valence-electron chi connectivity index (χ4n) is 9.66. The maximum Gasteiger partial charge on any atom is 0.306 e. The van der Waals surface area contributed by atoms with E-state index < -0.39 is 6.10 Å². The molecule has 0 heterocycles. The SMILES string of the molecule is CC/C=C\C/C=C\C/C=C\C/C=C\C/C=C\C/C=C\C/C=C\C/C=C\CCCCCCCCCCCCCCC(=O)OC(CO)COC(=O)CCCCCCCCCCCCCCCCCCC/C=C\C/C=C\C/C=C\C/C=C\C/C=C\CC. The van der Waals surface area contributed by atoms with E-state index in [4.69, 9.17) is 9.47 Å². The van der Waals surface area contributed by atoms with Crippen molar-refractivity contribution in [2.45, 2.75) is 315 Å². The summed E-state index contributed by atoms with van der Waals surface area (Å²) in [6.07, 6.45) is 111. The molecule has 0 aliphatic heterocycles. The van der Waals surface area contributed by atoms with Gasteiger partial charge in [-0.3, -0.25) is 9.59 Å². The van der Waals surface area contributed by atoms with Gasteiger partial charge in [-0.25, -0.2) is 0 Å². The molecular weight excluding hydrogens is 1030 g/mol. The molecule has 1 atom stereocenters. The summed E-state index contributed by atoms with van der Waals surface area (Å²) < 4.78 is 10.8. The predicted molar refractivity (Wildman–Crippen MR) is 370 cm³/mol. The van der Waals surface area contributed by atoms with E-state index in [1.807, 2.05) is 0 Å². The highest BCUT2D eigenvalue weighted by Gasteiger charge is 2.16. The third-order valence-corrected chi connectivity index (χ3v) is 14.8. The Morgan fingerprint density at radius 2 is 0.476 bits per heavy atom. The van der Waals surface area contributed by atoms with Crippen LogP contribution in [0.15, 0.2) is 158 Å². The van der Waals surface area contributed by atoms with Gasteiger partial charge in [0.25, 0.3) is 0 Å². The van der Waals surface area contributed by atoms with Gasteiger partial charge in [0.05, 0.1) is 6.61 Å². The molecule has 1 N–H and O–H groups in total. The van der Waals surface area contributed by atoms with Gasteiger partial charge >= 0.3 is 11.9 Å². The first-order chi connectivity index (χ1) is 41.6. The molecule has 0 aromatic rings. The molecule has 0 saturated carbocycles. The predicted octanol–water partition coefficient (Wildman–Crippen LogP) is 24.6. The molecule has 0 aliphatic rings. The lowest BCUT2D eigenvalue weighted by Gasteiger charge is -2.15. The van der Waals surface area contributed by atoms with Crippen LogP contribution in [0.25, 0.3) is 0 Å². The molecule has 476 valence electrons. The van der Waals surface area contributed by atoms with Gasteiger partial charge in [-0.15, -0.1) is 0 Å². The number of aliphatic hydroxyl groups excluding tert-OH is 1. The third kappa shape index (κ3) is 70.0. The molecule has 0 aliphatic carbocycles. The van der Waals surface area contributed by atoms with Gasteiger partial charge in [0.2, 0.25) is 0 Å². The molecule has 5 heteroatoms. The minimum Gasteiger partial charge on any atom is -0.462 e. The number of aliphatic hydroxyl groups is 1. The molecule has 0 amide bonds. The van der Waals surface area contributed by atoms with Crippen LogP contribution in [0.4, 0.5) is 0 Å². The Balaban J connectivity index is 3.51. The monoisotopic (exact) mass is 1160 g/mol. The van der Waals surface area contributed by atoms with Gasteiger partial charge in [0.15, 0.2) is 6.10 Å². The minimum absolute atomic E-state index is 0.0718. The van der Waals surface area contributed by atoms with Crippen LogP contribution in [-0.2, 0) is 19.1 Å². The maximum atomic E-state index is 12.4. The molecule has 0 rings (SSSR count). The smallest absolute Gasteiger partial charge is 0.306 e. The second-order valence-electron chi connectivity index (χ2n) is 22.8. The number of allylic oxidation sites excluding steroid dienone is 26. The van der Waals surface area contributed by atoms with Gasteiger partial charge in [0, 0.05) is 12.8 Å². The number of carbonyl (C=O) groups is 2. The van der Waals surface area contributed by atoms with Crippen molar-refractivity contribution in [1.82, 2.24) is 0 Å². The topological polar surface area (TPSA) is 72.8 Å². The zero-order chi connectivity index (χ0) is 60.5. The number of carbonyl (C=O) groups excluding carboxylic acids is 2. The molecule has 1 unspecified atom stereocenters. The van der Waals surface area contributed by atoms with Crippen molar-refractivity contribution in [1.29, 1.82) is 0 Å². The molecule has 0 aromatic carbocycles.